The van der Waals surface area contributed by atoms with Gasteiger partial charge >= 0.3 is 0 Å². The van der Waals surface area contributed by atoms with Crippen molar-refractivity contribution in [2.75, 3.05) is 32.8 Å². The third-order valence-electron chi connectivity index (χ3n) is 4.41. The second-order valence-corrected chi connectivity index (χ2v) is 8.08. The second kappa shape index (κ2) is 8.24. The summed E-state index contributed by atoms with van der Waals surface area (Å²) in [6, 6.07) is 7.29. The summed E-state index contributed by atoms with van der Waals surface area (Å²) < 4.78 is 33.1. The lowest BCUT2D eigenvalue weighted by Crippen LogP contribution is -2.51. The fraction of sp³-hybridized carbons (Fsp3) is 0.647. The molecule has 0 aromatic heterocycles. The van der Waals surface area contributed by atoms with E-state index >= 15 is 0 Å². The van der Waals surface area contributed by atoms with Crippen molar-refractivity contribution in [1.29, 1.82) is 0 Å². The lowest BCUT2D eigenvalue weighted by molar-refractivity contribution is 0.00776. The van der Waals surface area contributed by atoms with E-state index in [1.165, 1.54) is 0 Å². The Bertz CT molecular complexity index is 578. The third-order valence-corrected chi connectivity index (χ3v) is 5.85. The normalized spacial score (nSPS) is 18.3. The fourth-order valence-corrected chi connectivity index (χ4v) is 3.93. The zero-order chi connectivity index (χ0) is 16.9. The highest BCUT2D eigenvalue weighted by atomic mass is 32.2. The van der Waals surface area contributed by atoms with E-state index in [1.807, 2.05) is 12.1 Å². The number of nitrogens with one attached hydrogen (secondary N) is 1. The van der Waals surface area contributed by atoms with E-state index in [2.05, 4.69) is 30.4 Å². The van der Waals surface area contributed by atoms with Crippen LogP contribution in [-0.4, -0.2) is 52.2 Å². The van der Waals surface area contributed by atoms with Gasteiger partial charge in [0.05, 0.1) is 18.1 Å². The van der Waals surface area contributed by atoms with Gasteiger partial charge in [0.15, 0.2) is 0 Å². The van der Waals surface area contributed by atoms with Gasteiger partial charge in [0.1, 0.15) is 0 Å². The molecule has 1 N–H and O–H groups in total. The van der Waals surface area contributed by atoms with E-state index in [9.17, 15) is 8.42 Å². The van der Waals surface area contributed by atoms with Crippen molar-refractivity contribution in [3.8, 4) is 0 Å². The Morgan fingerprint density at radius 1 is 1.17 bits per heavy atom. The van der Waals surface area contributed by atoms with Crippen molar-refractivity contribution >= 4 is 10.0 Å². The molecule has 1 aromatic rings. The molecule has 1 unspecified atom stereocenters. The average Bonchev–Trinajstić information content (AvgIpc) is 2.55. The Kier molecular flexibility index (Phi) is 6.59. The van der Waals surface area contributed by atoms with Gasteiger partial charge in [-0.05, 0) is 30.0 Å². The van der Waals surface area contributed by atoms with Gasteiger partial charge in [-0.1, -0.05) is 32.9 Å². The van der Waals surface area contributed by atoms with Gasteiger partial charge in [-0.15, -0.1) is 0 Å². The summed E-state index contributed by atoms with van der Waals surface area (Å²) in [6.07, 6.45) is 0.903. The molecule has 0 spiro atoms. The largest absolute Gasteiger partial charge is 0.379 e. The molecular formula is C17H28N2O3S. The molecule has 0 amide bonds. The smallest absolute Gasteiger partial charge is 0.240 e. The first-order valence-electron chi connectivity index (χ1n) is 8.34. The molecule has 1 aliphatic rings. The first-order chi connectivity index (χ1) is 10.9. The van der Waals surface area contributed by atoms with E-state index in [-0.39, 0.29) is 6.04 Å². The molecule has 1 saturated heterocycles. The molecule has 1 aromatic carbocycles. The van der Waals surface area contributed by atoms with Crippen LogP contribution in [0.15, 0.2) is 29.2 Å². The molecule has 1 aliphatic heterocycles. The summed E-state index contributed by atoms with van der Waals surface area (Å²) in [4.78, 5) is 2.65. The van der Waals surface area contributed by atoms with Crippen LogP contribution in [0.4, 0.5) is 0 Å². The Hall–Kier alpha value is -0.950. The van der Waals surface area contributed by atoms with Crippen LogP contribution < -0.4 is 4.72 Å². The van der Waals surface area contributed by atoms with Gasteiger partial charge in [-0.3, -0.25) is 4.90 Å². The minimum atomic E-state index is -3.46. The number of hydrogen-bond acceptors (Lipinski definition) is 4. The first-order valence-corrected chi connectivity index (χ1v) is 9.82. The van der Waals surface area contributed by atoms with Gasteiger partial charge in [0, 0.05) is 25.7 Å². The SMILES string of the molecule is CCc1ccc(S(=O)(=O)NCC(C(C)C)N2CCOCC2)cc1. The number of hydrogen-bond donors (Lipinski definition) is 1. The maximum atomic E-state index is 12.5. The molecule has 2 rings (SSSR count). The summed E-state index contributed by atoms with van der Waals surface area (Å²) in [5, 5.41) is 0. The van der Waals surface area contributed by atoms with Crippen molar-refractivity contribution in [1.82, 2.24) is 9.62 Å². The molecule has 6 heteroatoms. The highest BCUT2D eigenvalue weighted by Gasteiger charge is 2.25. The lowest BCUT2D eigenvalue weighted by Gasteiger charge is -2.36. The van der Waals surface area contributed by atoms with Crippen molar-refractivity contribution in [3.63, 3.8) is 0 Å². The Morgan fingerprint density at radius 2 is 1.78 bits per heavy atom. The van der Waals surface area contributed by atoms with E-state index < -0.39 is 10.0 Å². The molecule has 5 nitrogen and oxygen atoms in total. The summed E-state index contributed by atoms with van der Waals surface area (Å²) in [5.41, 5.74) is 1.14. The molecule has 0 saturated carbocycles. The molecule has 1 atom stereocenters. The van der Waals surface area contributed by atoms with Crippen molar-refractivity contribution < 1.29 is 13.2 Å². The van der Waals surface area contributed by atoms with Crippen LogP contribution in [0.1, 0.15) is 26.3 Å². The maximum absolute atomic E-state index is 12.5. The van der Waals surface area contributed by atoms with Crippen molar-refractivity contribution in [2.45, 2.75) is 38.1 Å². The van der Waals surface area contributed by atoms with Crippen LogP contribution in [0.3, 0.4) is 0 Å². The highest BCUT2D eigenvalue weighted by Crippen LogP contribution is 2.15. The van der Waals surface area contributed by atoms with Crippen molar-refractivity contribution in [3.05, 3.63) is 29.8 Å². The number of ether oxygens (including phenoxy) is 1. The van der Waals surface area contributed by atoms with Crippen LogP contribution in [0.5, 0.6) is 0 Å². The Labute approximate surface area is 140 Å². The minimum absolute atomic E-state index is 0.184. The molecule has 0 aliphatic carbocycles. The van der Waals surface area contributed by atoms with Crippen LogP contribution in [0.25, 0.3) is 0 Å². The minimum Gasteiger partial charge on any atom is -0.379 e. The third kappa shape index (κ3) is 5.01. The zero-order valence-corrected chi connectivity index (χ0v) is 15.1. The summed E-state index contributed by atoms with van der Waals surface area (Å²) >= 11 is 0. The average molecular weight is 340 g/mol. The van der Waals surface area contributed by atoms with Gasteiger partial charge in [-0.25, -0.2) is 13.1 Å². The van der Waals surface area contributed by atoms with E-state index in [4.69, 9.17) is 4.74 Å². The highest BCUT2D eigenvalue weighted by molar-refractivity contribution is 7.89. The quantitative estimate of drug-likeness (QED) is 0.823. The standard InChI is InChI=1S/C17H28N2O3S/c1-4-15-5-7-16(8-6-15)23(20,21)18-13-17(14(2)3)19-9-11-22-12-10-19/h5-8,14,17-18H,4,9-13H2,1-3H3. The van der Waals surface area contributed by atoms with Crippen LogP contribution >= 0.6 is 0 Å². The number of morpholine rings is 1. The molecule has 23 heavy (non-hydrogen) atoms. The monoisotopic (exact) mass is 340 g/mol. The molecule has 0 bridgehead atoms. The van der Waals surface area contributed by atoms with Crippen LogP contribution in [-0.2, 0) is 21.2 Å². The molecule has 1 heterocycles. The lowest BCUT2D eigenvalue weighted by atomic mass is 10.0. The number of benzene rings is 1. The molecule has 0 radical (unpaired) electrons. The summed E-state index contributed by atoms with van der Waals surface area (Å²) in [7, 11) is -3.46. The van der Waals surface area contributed by atoms with E-state index in [0.717, 1.165) is 25.1 Å². The molecular weight excluding hydrogens is 312 g/mol. The van der Waals surface area contributed by atoms with Gasteiger partial charge in [0.25, 0.3) is 0 Å². The van der Waals surface area contributed by atoms with Gasteiger partial charge in [-0.2, -0.15) is 0 Å². The number of nitrogens with zero attached hydrogens (tertiary/aromatic N) is 1. The maximum Gasteiger partial charge on any atom is 0.240 e. The number of aryl methyl sites for hydroxylation is 1. The Balaban J connectivity index is 2.02. The summed E-state index contributed by atoms with van der Waals surface area (Å²) in [6.45, 7) is 9.89. The van der Waals surface area contributed by atoms with E-state index in [1.54, 1.807) is 12.1 Å². The number of rotatable bonds is 7. The fourth-order valence-electron chi connectivity index (χ4n) is 2.88. The van der Waals surface area contributed by atoms with Crippen LogP contribution in [0, 0.1) is 5.92 Å². The predicted octanol–water partition coefficient (Wildman–Crippen LogP) is 1.88. The summed E-state index contributed by atoms with van der Waals surface area (Å²) in [5.74, 6) is 0.373. The number of sulfonamides is 1. The van der Waals surface area contributed by atoms with Crippen LogP contribution in [0.2, 0.25) is 0 Å². The second-order valence-electron chi connectivity index (χ2n) is 6.31. The van der Waals surface area contributed by atoms with E-state index in [0.29, 0.717) is 30.6 Å². The topological polar surface area (TPSA) is 58.6 Å². The zero-order valence-electron chi connectivity index (χ0n) is 14.3. The predicted molar refractivity (Wildman–Crippen MR) is 92.0 cm³/mol. The molecule has 130 valence electrons. The van der Waals surface area contributed by atoms with Gasteiger partial charge in [0.2, 0.25) is 10.0 Å². The van der Waals surface area contributed by atoms with Gasteiger partial charge < -0.3 is 4.74 Å². The van der Waals surface area contributed by atoms with Crippen molar-refractivity contribution in [2.24, 2.45) is 5.92 Å². The first kappa shape index (κ1) is 18.4. The molecule has 1 fully saturated rings. The Morgan fingerprint density at radius 3 is 2.30 bits per heavy atom.